The molecule has 0 bridgehead atoms. The summed E-state index contributed by atoms with van der Waals surface area (Å²) in [6, 6.07) is 14.6. The summed E-state index contributed by atoms with van der Waals surface area (Å²) in [5.41, 5.74) is 2.35. The van der Waals surface area contributed by atoms with Gasteiger partial charge in [-0.1, -0.05) is 29.3 Å². The zero-order valence-corrected chi connectivity index (χ0v) is 20.4. The maximum Gasteiger partial charge on any atom is 0.339 e. The molecule has 0 atom stereocenters. The molecule has 0 aromatic heterocycles. The Morgan fingerprint density at radius 2 is 1.62 bits per heavy atom. The van der Waals surface area contributed by atoms with Crippen LogP contribution in [0.25, 0.3) is 0 Å². The molecule has 0 N–H and O–H groups in total. The molecule has 0 aliphatic carbocycles. The van der Waals surface area contributed by atoms with Crippen molar-refractivity contribution in [1.29, 1.82) is 0 Å². The van der Waals surface area contributed by atoms with Gasteiger partial charge in [-0.2, -0.15) is 8.42 Å². The SMILES string of the molecule is Cc1c(Cl)cccc1N=Cc1cc(Br)c(OS(=O)(=O)c2ccc(Cl)cc2)c(Br)c1. The lowest BCUT2D eigenvalue weighted by molar-refractivity contribution is 0.483. The Kier molecular flexibility index (Phi) is 7.06. The number of rotatable bonds is 5. The minimum Gasteiger partial charge on any atom is -0.377 e. The van der Waals surface area contributed by atoms with Crippen molar-refractivity contribution in [3.8, 4) is 5.75 Å². The summed E-state index contributed by atoms with van der Waals surface area (Å²) in [7, 11) is -4.02. The highest BCUT2D eigenvalue weighted by Gasteiger charge is 2.20. The minimum absolute atomic E-state index is 0.00257. The second kappa shape index (κ2) is 9.18. The molecule has 0 saturated heterocycles. The molecular weight excluding hydrogens is 565 g/mol. The van der Waals surface area contributed by atoms with E-state index in [1.807, 2.05) is 19.1 Å². The van der Waals surface area contributed by atoms with Gasteiger partial charge in [-0.05, 0) is 98.4 Å². The molecule has 0 aliphatic rings. The molecule has 0 heterocycles. The predicted molar refractivity (Wildman–Crippen MR) is 125 cm³/mol. The molecule has 9 heteroatoms. The summed E-state index contributed by atoms with van der Waals surface area (Å²) in [5, 5.41) is 1.07. The second-order valence-electron chi connectivity index (χ2n) is 5.95. The summed E-state index contributed by atoms with van der Waals surface area (Å²) < 4.78 is 31.3. The van der Waals surface area contributed by atoms with Crippen LogP contribution in [0.1, 0.15) is 11.1 Å². The number of nitrogens with zero attached hydrogens (tertiary/aromatic N) is 1. The molecule has 3 aromatic rings. The maximum absolute atomic E-state index is 12.5. The highest BCUT2D eigenvalue weighted by molar-refractivity contribution is 9.11. The summed E-state index contributed by atoms with van der Waals surface area (Å²) in [5.74, 6) is 0.135. The monoisotopic (exact) mass is 575 g/mol. The van der Waals surface area contributed by atoms with Crippen LogP contribution in [0.3, 0.4) is 0 Å². The predicted octanol–water partition coefficient (Wildman–Crippen LogP) is 7.35. The van der Waals surface area contributed by atoms with Crippen molar-refractivity contribution in [1.82, 2.24) is 0 Å². The second-order valence-corrected chi connectivity index (χ2v) is 10.0. The van der Waals surface area contributed by atoms with Crippen LogP contribution in [0.15, 0.2) is 73.4 Å². The van der Waals surface area contributed by atoms with E-state index in [1.165, 1.54) is 24.3 Å². The van der Waals surface area contributed by atoms with Gasteiger partial charge in [0.1, 0.15) is 4.90 Å². The van der Waals surface area contributed by atoms with Crippen molar-refractivity contribution >= 4 is 77.1 Å². The smallest absolute Gasteiger partial charge is 0.339 e. The number of aliphatic imine (C=N–C) groups is 1. The third kappa shape index (κ3) is 5.41. The molecule has 150 valence electrons. The van der Waals surface area contributed by atoms with E-state index in [-0.39, 0.29) is 10.6 Å². The molecule has 29 heavy (non-hydrogen) atoms. The van der Waals surface area contributed by atoms with E-state index in [4.69, 9.17) is 27.4 Å². The van der Waals surface area contributed by atoms with Crippen molar-refractivity contribution in [2.45, 2.75) is 11.8 Å². The van der Waals surface area contributed by atoms with Gasteiger partial charge in [0.25, 0.3) is 0 Å². The van der Waals surface area contributed by atoms with Crippen molar-refractivity contribution in [3.63, 3.8) is 0 Å². The average molecular weight is 578 g/mol. The van der Waals surface area contributed by atoms with Crippen molar-refractivity contribution in [2.75, 3.05) is 0 Å². The topological polar surface area (TPSA) is 55.7 Å². The van der Waals surface area contributed by atoms with Gasteiger partial charge in [-0.25, -0.2) is 0 Å². The highest BCUT2D eigenvalue weighted by atomic mass is 79.9. The Morgan fingerprint density at radius 3 is 2.24 bits per heavy atom. The van der Waals surface area contributed by atoms with Gasteiger partial charge < -0.3 is 4.18 Å². The Balaban J connectivity index is 1.89. The molecule has 0 fully saturated rings. The fraction of sp³-hybridized carbons (Fsp3) is 0.0500. The first-order valence-electron chi connectivity index (χ1n) is 8.15. The van der Waals surface area contributed by atoms with Gasteiger partial charge in [0.05, 0.1) is 14.6 Å². The van der Waals surface area contributed by atoms with E-state index in [0.29, 0.717) is 19.0 Å². The molecule has 0 saturated carbocycles. The Hall–Kier alpha value is -1.38. The van der Waals surface area contributed by atoms with Crippen LogP contribution in [-0.2, 0) is 10.1 Å². The molecule has 0 amide bonds. The zero-order chi connectivity index (χ0) is 21.2. The summed E-state index contributed by atoms with van der Waals surface area (Å²) in [6.07, 6.45) is 1.66. The van der Waals surface area contributed by atoms with Crippen LogP contribution in [0.4, 0.5) is 5.69 Å². The van der Waals surface area contributed by atoms with Crippen LogP contribution in [-0.4, -0.2) is 14.6 Å². The fourth-order valence-corrected chi connectivity index (χ4v) is 5.23. The zero-order valence-electron chi connectivity index (χ0n) is 14.9. The lowest BCUT2D eigenvalue weighted by Gasteiger charge is -2.11. The number of halogens is 4. The average Bonchev–Trinajstić information content (AvgIpc) is 2.66. The summed E-state index contributed by atoms with van der Waals surface area (Å²) in [6.45, 7) is 1.89. The molecule has 3 aromatic carbocycles. The quantitative estimate of drug-likeness (QED) is 0.235. The van der Waals surface area contributed by atoms with Crippen LogP contribution >= 0.6 is 55.1 Å². The normalized spacial score (nSPS) is 11.8. The minimum atomic E-state index is -4.02. The van der Waals surface area contributed by atoms with E-state index in [9.17, 15) is 8.42 Å². The standard InChI is InChI=1S/C20H13Br2Cl2NO3S/c1-12-18(24)3-2-4-19(12)25-11-13-9-16(21)20(17(22)10-13)28-29(26,27)15-7-5-14(23)6-8-15/h2-11H,1H3. The summed E-state index contributed by atoms with van der Waals surface area (Å²) >= 11 is 18.7. The third-order valence-electron chi connectivity index (χ3n) is 3.91. The lowest BCUT2D eigenvalue weighted by atomic mass is 10.2. The van der Waals surface area contributed by atoms with Gasteiger partial charge in [0.15, 0.2) is 5.75 Å². The molecular formula is C20H13Br2Cl2NO3S. The van der Waals surface area contributed by atoms with Gasteiger partial charge in [-0.15, -0.1) is 0 Å². The first-order valence-corrected chi connectivity index (χ1v) is 11.9. The third-order valence-corrected chi connectivity index (χ3v) is 6.98. The van der Waals surface area contributed by atoms with Crippen LogP contribution in [0, 0.1) is 6.92 Å². The van der Waals surface area contributed by atoms with Crippen LogP contribution in [0.2, 0.25) is 10.0 Å². The first kappa shape index (κ1) is 22.3. The Labute approximate surface area is 195 Å². The summed E-state index contributed by atoms with van der Waals surface area (Å²) in [4.78, 5) is 4.46. The van der Waals surface area contributed by atoms with Crippen molar-refractivity contribution in [2.24, 2.45) is 4.99 Å². The number of hydrogen-bond donors (Lipinski definition) is 0. The van der Waals surface area contributed by atoms with Gasteiger partial charge in [0.2, 0.25) is 0 Å². The number of benzene rings is 3. The van der Waals surface area contributed by atoms with Gasteiger partial charge >= 0.3 is 10.1 Å². The Bertz CT molecular complexity index is 1170. The van der Waals surface area contributed by atoms with E-state index >= 15 is 0 Å². The molecule has 3 rings (SSSR count). The molecule has 0 radical (unpaired) electrons. The largest absolute Gasteiger partial charge is 0.377 e. The van der Waals surface area contributed by atoms with Crippen molar-refractivity contribution in [3.05, 3.63) is 84.7 Å². The maximum atomic E-state index is 12.5. The molecule has 0 spiro atoms. The molecule has 0 unspecified atom stereocenters. The first-order chi connectivity index (χ1) is 13.7. The number of hydrogen-bond acceptors (Lipinski definition) is 4. The van der Waals surface area contributed by atoms with Crippen LogP contribution in [0.5, 0.6) is 5.75 Å². The Morgan fingerprint density at radius 1 is 1.00 bits per heavy atom. The van der Waals surface area contributed by atoms with E-state index < -0.39 is 10.1 Å². The van der Waals surface area contributed by atoms with E-state index in [2.05, 4.69) is 36.9 Å². The van der Waals surface area contributed by atoms with E-state index in [0.717, 1.165) is 16.8 Å². The highest BCUT2D eigenvalue weighted by Crippen LogP contribution is 2.36. The van der Waals surface area contributed by atoms with E-state index in [1.54, 1.807) is 24.4 Å². The lowest BCUT2D eigenvalue weighted by Crippen LogP contribution is -2.10. The van der Waals surface area contributed by atoms with Crippen molar-refractivity contribution < 1.29 is 12.6 Å². The van der Waals surface area contributed by atoms with Gasteiger partial charge in [-0.3, -0.25) is 4.99 Å². The van der Waals surface area contributed by atoms with Gasteiger partial charge in [0, 0.05) is 16.3 Å². The molecule has 4 nitrogen and oxygen atoms in total. The fourth-order valence-electron chi connectivity index (χ4n) is 2.37. The van der Waals surface area contributed by atoms with Crippen LogP contribution < -0.4 is 4.18 Å². The molecule has 0 aliphatic heterocycles.